The van der Waals surface area contributed by atoms with Crippen molar-refractivity contribution in [2.75, 3.05) is 28.4 Å². The molecule has 0 saturated carbocycles. The van der Waals surface area contributed by atoms with Crippen LogP contribution in [0.3, 0.4) is 0 Å². The first kappa shape index (κ1) is 22.5. The summed E-state index contributed by atoms with van der Waals surface area (Å²) >= 11 is 0. The smallest absolute Gasteiger partial charge is 0.258 e. The number of amides is 3. The van der Waals surface area contributed by atoms with Crippen molar-refractivity contribution in [3.63, 3.8) is 0 Å². The lowest BCUT2D eigenvalue weighted by Gasteiger charge is -2.23. The number of hydrogen-bond acceptors (Lipinski definition) is 7. The summed E-state index contributed by atoms with van der Waals surface area (Å²) in [6.07, 6.45) is -0.196. The van der Waals surface area contributed by atoms with Crippen LogP contribution in [0.4, 0.5) is 28.8 Å². The number of aromatic amines is 1. The molecule has 174 valence electrons. The van der Waals surface area contributed by atoms with Crippen LogP contribution in [0.5, 0.6) is 5.75 Å². The molecule has 0 unspecified atom stereocenters. The van der Waals surface area contributed by atoms with Crippen molar-refractivity contribution in [1.82, 2.24) is 9.97 Å². The Morgan fingerprint density at radius 2 is 1.59 bits per heavy atom. The number of benzene rings is 2. The van der Waals surface area contributed by atoms with E-state index in [4.69, 9.17) is 4.74 Å². The Hall–Kier alpha value is -4.67. The molecule has 11 heteroatoms. The van der Waals surface area contributed by atoms with Gasteiger partial charge in [0, 0.05) is 30.4 Å². The molecule has 0 spiro atoms. The number of H-pyrrole nitrogens is 1. The number of carbonyl (C=O) groups excluding carboxylic acids is 3. The molecule has 0 aliphatic carbocycles. The highest BCUT2D eigenvalue weighted by atomic mass is 16.5. The quantitative estimate of drug-likeness (QED) is 0.377. The predicted octanol–water partition coefficient (Wildman–Crippen LogP) is 2.54. The van der Waals surface area contributed by atoms with Crippen LogP contribution in [0.2, 0.25) is 0 Å². The molecule has 2 aromatic carbocycles. The zero-order valence-electron chi connectivity index (χ0n) is 18.4. The molecule has 2 heterocycles. The maximum atomic E-state index is 13.0. The largest absolute Gasteiger partial charge is 0.497 e. The highest BCUT2D eigenvalue weighted by molar-refractivity contribution is 6.04. The third-order valence-electron chi connectivity index (χ3n) is 5.09. The van der Waals surface area contributed by atoms with E-state index in [1.54, 1.807) is 55.6 Å². The van der Waals surface area contributed by atoms with Crippen molar-refractivity contribution in [3.05, 3.63) is 64.4 Å². The van der Waals surface area contributed by atoms with Crippen LogP contribution in [0.1, 0.15) is 24.8 Å². The van der Waals surface area contributed by atoms with Crippen LogP contribution in [-0.2, 0) is 14.4 Å². The number of fused-ring (bicyclic) bond motifs is 1. The summed E-state index contributed by atoms with van der Waals surface area (Å²) in [5, 5.41) is 10.9. The van der Waals surface area contributed by atoms with E-state index in [1.165, 1.54) is 6.92 Å². The predicted molar refractivity (Wildman–Crippen MR) is 126 cm³/mol. The first-order chi connectivity index (χ1) is 16.3. The Kier molecular flexibility index (Phi) is 6.26. The van der Waals surface area contributed by atoms with E-state index < -0.39 is 23.3 Å². The highest BCUT2D eigenvalue weighted by Crippen LogP contribution is 2.30. The van der Waals surface area contributed by atoms with Crippen molar-refractivity contribution in [3.8, 4) is 5.75 Å². The van der Waals surface area contributed by atoms with Gasteiger partial charge in [-0.05, 0) is 48.5 Å². The topological polar surface area (TPSA) is 154 Å². The molecule has 1 aliphatic heterocycles. The summed E-state index contributed by atoms with van der Waals surface area (Å²) in [4.78, 5) is 56.2. The Balaban J connectivity index is 1.55. The minimum absolute atomic E-state index is 0.0252. The average molecular weight is 462 g/mol. The number of ether oxygens (including phenoxy) is 1. The molecule has 0 bridgehead atoms. The summed E-state index contributed by atoms with van der Waals surface area (Å²) in [6, 6.07) is 13.4. The SMILES string of the molecule is COc1ccc(Nc2nc3c(c(=O)[nH]2)[C@H](C(=O)Nc2ccc(NC(C)=O)cc2)CC(=O)N3)cc1. The first-order valence-corrected chi connectivity index (χ1v) is 10.4. The number of carbonyl (C=O) groups is 3. The number of nitrogens with one attached hydrogen (secondary N) is 5. The van der Waals surface area contributed by atoms with Crippen LogP contribution in [0.25, 0.3) is 0 Å². The molecule has 3 aromatic rings. The van der Waals surface area contributed by atoms with Crippen molar-refractivity contribution in [1.29, 1.82) is 0 Å². The van der Waals surface area contributed by atoms with Gasteiger partial charge in [-0.15, -0.1) is 0 Å². The van der Waals surface area contributed by atoms with Crippen LogP contribution in [0, 0.1) is 0 Å². The zero-order valence-corrected chi connectivity index (χ0v) is 18.4. The third kappa shape index (κ3) is 5.04. The maximum absolute atomic E-state index is 13.0. The number of nitrogens with zero attached hydrogens (tertiary/aromatic N) is 1. The molecule has 5 N–H and O–H groups in total. The summed E-state index contributed by atoms with van der Waals surface area (Å²) in [5.41, 5.74) is 1.21. The van der Waals surface area contributed by atoms with E-state index in [9.17, 15) is 19.2 Å². The molecule has 0 radical (unpaired) electrons. The Morgan fingerprint density at radius 1 is 0.971 bits per heavy atom. The normalized spacial score (nSPS) is 14.4. The van der Waals surface area contributed by atoms with Crippen molar-refractivity contribution < 1.29 is 19.1 Å². The minimum Gasteiger partial charge on any atom is -0.497 e. The first-order valence-electron chi connectivity index (χ1n) is 10.4. The fourth-order valence-electron chi connectivity index (χ4n) is 3.54. The van der Waals surface area contributed by atoms with Gasteiger partial charge >= 0.3 is 0 Å². The molecular formula is C23H22N6O5. The maximum Gasteiger partial charge on any atom is 0.258 e. The summed E-state index contributed by atoms with van der Waals surface area (Å²) in [7, 11) is 1.56. The van der Waals surface area contributed by atoms with Gasteiger partial charge in [-0.25, -0.2) is 0 Å². The zero-order chi connectivity index (χ0) is 24.2. The number of rotatable bonds is 6. The number of anilines is 5. The van der Waals surface area contributed by atoms with Crippen molar-refractivity contribution in [2.45, 2.75) is 19.3 Å². The van der Waals surface area contributed by atoms with Gasteiger partial charge in [0.2, 0.25) is 23.7 Å². The second kappa shape index (κ2) is 9.45. The summed E-state index contributed by atoms with van der Waals surface area (Å²) in [6.45, 7) is 1.39. The fourth-order valence-corrected chi connectivity index (χ4v) is 3.54. The lowest BCUT2D eigenvalue weighted by Crippen LogP contribution is -2.36. The van der Waals surface area contributed by atoms with E-state index >= 15 is 0 Å². The van der Waals surface area contributed by atoms with E-state index in [-0.39, 0.29) is 29.7 Å². The Morgan fingerprint density at radius 3 is 2.21 bits per heavy atom. The molecule has 3 amide bonds. The van der Waals surface area contributed by atoms with Crippen LogP contribution < -0.4 is 31.6 Å². The van der Waals surface area contributed by atoms with E-state index in [2.05, 4.69) is 31.2 Å². The van der Waals surface area contributed by atoms with Gasteiger partial charge in [0.05, 0.1) is 18.6 Å². The van der Waals surface area contributed by atoms with E-state index in [0.717, 1.165) is 0 Å². The molecule has 1 aliphatic rings. The second-order valence-electron chi connectivity index (χ2n) is 7.58. The molecule has 11 nitrogen and oxygen atoms in total. The van der Waals surface area contributed by atoms with Crippen LogP contribution >= 0.6 is 0 Å². The molecule has 1 atom stereocenters. The highest BCUT2D eigenvalue weighted by Gasteiger charge is 2.34. The van der Waals surface area contributed by atoms with Gasteiger partial charge in [-0.3, -0.25) is 24.2 Å². The standard InChI is InChI=1S/C23H22N6O5/c1-12(30)24-13-3-5-14(6-4-13)25-21(32)17-11-18(31)27-20-19(17)22(33)29-23(28-20)26-15-7-9-16(34-2)10-8-15/h3-10,17H,11H2,1-2H3,(H,24,30)(H,25,32)(H3,26,27,28,29,31,33)/t17-/m1/s1. The van der Waals surface area contributed by atoms with Gasteiger partial charge in [-0.1, -0.05) is 0 Å². The van der Waals surface area contributed by atoms with E-state index in [1.807, 2.05) is 0 Å². The molecule has 1 aromatic heterocycles. The Labute approximate surface area is 193 Å². The lowest BCUT2D eigenvalue weighted by atomic mass is 9.92. The average Bonchev–Trinajstić information content (AvgIpc) is 2.79. The summed E-state index contributed by atoms with van der Waals surface area (Å²) in [5.74, 6) is -1.38. The Bertz CT molecular complexity index is 1300. The van der Waals surface area contributed by atoms with Gasteiger partial charge in [-0.2, -0.15) is 4.98 Å². The summed E-state index contributed by atoms with van der Waals surface area (Å²) < 4.78 is 5.12. The second-order valence-corrected chi connectivity index (χ2v) is 7.58. The van der Waals surface area contributed by atoms with Gasteiger partial charge < -0.3 is 26.0 Å². The van der Waals surface area contributed by atoms with Gasteiger partial charge in [0.15, 0.2) is 0 Å². The van der Waals surface area contributed by atoms with Gasteiger partial charge in [0.1, 0.15) is 11.6 Å². The molecule has 34 heavy (non-hydrogen) atoms. The lowest BCUT2D eigenvalue weighted by molar-refractivity contribution is -0.123. The van der Waals surface area contributed by atoms with Gasteiger partial charge in [0.25, 0.3) is 5.56 Å². The molecule has 4 rings (SSSR count). The van der Waals surface area contributed by atoms with Crippen LogP contribution in [-0.4, -0.2) is 34.8 Å². The van der Waals surface area contributed by atoms with Crippen molar-refractivity contribution >= 4 is 46.5 Å². The monoisotopic (exact) mass is 462 g/mol. The van der Waals surface area contributed by atoms with E-state index in [0.29, 0.717) is 22.8 Å². The third-order valence-corrected chi connectivity index (χ3v) is 5.09. The fraction of sp³-hybridized carbons (Fsp3) is 0.174. The number of methoxy groups -OCH3 is 1. The molecule has 0 saturated heterocycles. The number of hydrogen-bond donors (Lipinski definition) is 5. The number of aromatic nitrogens is 2. The molecule has 0 fully saturated rings. The van der Waals surface area contributed by atoms with Crippen LogP contribution in [0.15, 0.2) is 53.3 Å². The minimum atomic E-state index is -1.02. The molecular weight excluding hydrogens is 440 g/mol. The van der Waals surface area contributed by atoms with Crippen molar-refractivity contribution in [2.24, 2.45) is 0 Å².